The van der Waals surface area contributed by atoms with Gasteiger partial charge >= 0.3 is 0 Å². The van der Waals surface area contributed by atoms with Crippen LogP contribution in [0.4, 0.5) is 0 Å². The van der Waals surface area contributed by atoms with Gasteiger partial charge in [0, 0.05) is 5.39 Å². The fourth-order valence-corrected chi connectivity index (χ4v) is 3.53. The first-order chi connectivity index (χ1) is 13.5. The summed E-state index contributed by atoms with van der Waals surface area (Å²) in [5.74, 6) is 0.506. The van der Waals surface area contributed by atoms with Crippen LogP contribution in [0.5, 0.6) is 5.75 Å². The van der Waals surface area contributed by atoms with Crippen molar-refractivity contribution in [2.24, 2.45) is 16.6 Å². The van der Waals surface area contributed by atoms with Crippen molar-refractivity contribution < 1.29 is 9.53 Å². The highest BCUT2D eigenvalue weighted by atomic mass is 32.1. The third-order valence-corrected chi connectivity index (χ3v) is 4.74. The predicted octanol–water partition coefficient (Wildman–Crippen LogP) is 1.34. The van der Waals surface area contributed by atoms with Crippen molar-refractivity contribution in [2.75, 3.05) is 7.11 Å². The Morgan fingerprint density at radius 3 is 2.64 bits per heavy atom. The molecule has 1 aliphatic heterocycles. The lowest BCUT2D eigenvalue weighted by atomic mass is 10.0. The first-order valence-corrected chi connectivity index (χ1v) is 8.89. The van der Waals surface area contributed by atoms with E-state index in [1.807, 2.05) is 41.0 Å². The summed E-state index contributed by atoms with van der Waals surface area (Å²) < 4.78 is 7.15. The number of methoxy groups -OCH3 is 1. The number of carbonyl (C=O) groups excluding carboxylic acids is 1. The third kappa shape index (κ3) is 2.86. The van der Waals surface area contributed by atoms with Crippen molar-refractivity contribution in [3.8, 4) is 17.0 Å². The number of thiocarbonyl (C=S) groups is 1. The zero-order chi connectivity index (χ0) is 19.8. The number of rotatable bonds is 3. The largest absolute Gasteiger partial charge is 0.497 e. The van der Waals surface area contributed by atoms with Gasteiger partial charge in [-0.3, -0.25) is 14.8 Å². The molecule has 0 radical (unpaired) electrons. The molecule has 0 bridgehead atoms. The van der Waals surface area contributed by atoms with E-state index in [0.717, 1.165) is 11.1 Å². The maximum absolute atomic E-state index is 12.5. The Balaban J connectivity index is 2.13. The summed E-state index contributed by atoms with van der Waals surface area (Å²) in [6, 6.07) is 14.9. The molecule has 1 atom stereocenters. The molecule has 0 spiro atoms. The monoisotopic (exact) mass is 394 g/mol. The van der Waals surface area contributed by atoms with Gasteiger partial charge in [-0.2, -0.15) is 5.10 Å². The molecule has 1 amide bonds. The van der Waals surface area contributed by atoms with Gasteiger partial charge in [0.2, 0.25) is 0 Å². The SMILES string of the molecule is COc1ccc2c(c1)c(C(N)=O)c(-c1ccccc1)n2C1=NNC(=S)NC1N. The van der Waals surface area contributed by atoms with E-state index in [1.54, 1.807) is 19.2 Å². The normalized spacial score (nSPS) is 16.3. The van der Waals surface area contributed by atoms with Gasteiger partial charge < -0.3 is 21.5 Å². The van der Waals surface area contributed by atoms with Crippen LogP contribution in [0, 0.1) is 0 Å². The number of ether oxygens (including phenoxy) is 1. The minimum atomic E-state index is -0.672. The van der Waals surface area contributed by atoms with Crippen LogP contribution in [0.25, 0.3) is 22.2 Å². The van der Waals surface area contributed by atoms with E-state index in [4.69, 9.17) is 28.4 Å². The number of carbonyl (C=O) groups is 1. The van der Waals surface area contributed by atoms with Gasteiger partial charge in [0.25, 0.3) is 5.91 Å². The number of hydrazone groups is 1. The van der Waals surface area contributed by atoms with Crippen molar-refractivity contribution in [3.63, 3.8) is 0 Å². The molecule has 0 saturated heterocycles. The second kappa shape index (κ2) is 6.95. The van der Waals surface area contributed by atoms with E-state index < -0.39 is 12.1 Å². The zero-order valence-electron chi connectivity index (χ0n) is 15.0. The summed E-state index contributed by atoms with van der Waals surface area (Å²) in [5.41, 5.74) is 17.3. The molecule has 2 heterocycles. The number of hydrogen-bond donors (Lipinski definition) is 4. The topological polar surface area (TPSA) is 120 Å². The molecular formula is C19H18N6O2S. The van der Waals surface area contributed by atoms with Crippen molar-refractivity contribution in [1.29, 1.82) is 0 Å². The molecule has 1 aliphatic rings. The summed E-state index contributed by atoms with van der Waals surface area (Å²) in [6.07, 6.45) is -0.672. The first kappa shape index (κ1) is 18.0. The first-order valence-electron chi connectivity index (χ1n) is 8.49. The quantitative estimate of drug-likeness (QED) is 0.498. The van der Waals surface area contributed by atoms with Crippen LogP contribution in [-0.2, 0) is 0 Å². The smallest absolute Gasteiger partial charge is 0.251 e. The number of primary amides is 1. The Labute approximate surface area is 166 Å². The van der Waals surface area contributed by atoms with Crippen LogP contribution in [0.15, 0.2) is 53.6 Å². The molecule has 0 saturated carbocycles. The van der Waals surface area contributed by atoms with E-state index in [2.05, 4.69) is 15.8 Å². The Hall–Kier alpha value is -3.43. The van der Waals surface area contributed by atoms with Crippen LogP contribution in [-0.4, -0.2) is 34.7 Å². The molecule has 1 aromatic heterocycles. The maximum Gasteiger partial charge on any atom is 0.251 e. The zero-order valence-corrected chi connectivity index (χ0v) is 15.8. The fourth-order valence-electron chi connectivity index (χ4n) is 3.36. The number of benzene rings is 2. The molecule has 9 heteroatoms. The summed E-state index contributed by atoms with van der Waals surface area (Å²) in [6.45, 7) is 0. The molecule has 142 valence electrons. The second-order valence-electron chi connectivity index (χ2n) is 6.21. The number of nitrogens with zero attached hydrogens (tertiary/aromatic N) is 2. The molecule has 28 heavy (non-hydrogen) atoms. The fraction of sp³-hybridized carbons (Fsp3) is 0.105. The molecule has 6 N–H and O–H groups in total. The highest BCUT2D eigenvalue weighted by molar-refractivity contribution is 7.80. The van der Waals surface area contributed by atoms with Crippen LogP contribution < -0.4 is 26.9 Å². The molecule has 0 aliphatic carbocycles. The van der Waals surface area contributed by atoms with Gasteiger partial charge in [0.1, 0.15) is 11.9 Å². The number of fused-ring (bicyclic) bond motifs is 1. The highest BCUT2D eigenvalue weighted by Gasteiger charge is 2.29. The van der Waals surface area contributed by atoms with E-state index >= 15 is 0 Å². The molecule has 3 aromatic rings. The second-order valence-corrected chi connectivity index (χ2v) is 6.61. The van der Waals surface area contributed by atoms with E-state index in [-0.39, 0.29) is 0 Å². The lowest BCUT2D eigenvalue weighted by molar-refractivity contribution is 0.100. The van der Waals surface area contributed by atoms with E-state index in [0.29, 0.717) is 33.3 Å². The summed E-state index contributed by atoms with van der Waals surface area (Å²) in [7, 11) is 1.57. The predicted molar refractivity (Wildman–Crippen MR) is 112 cm³/mol. The average molecular weight is 394 g/mol. The van der Waals surface area contributed by atoms with E-state index in [9.17, 15) is 4.79 Å². The molecule has 1 unspecified atom stereocenters. The van der Waals surface area contributed by atoms with E-state index in [1.165, 1.54) is 0 Å². The van der Waals surface area contributed by atoms with Gasteiger partial charge in [-0.15, -0.1) is 0 Å². The maximum atomic E-state index is 12.5. The highest BCUT2D eigenvalue weighted by Crippen LogP contribution is 2.36. The molecule has 2 aromatic carbocycles. The van der Waals surface area contributed by atoms with Crippen LogP contribution in [0.2, 0.25) is 0 Å². The Kier molecular flexibility index (Phi) is 4.46. The number of aromatic nitrogens is 1. The number of amides is 1. The Morgan fingerprint density at radius 1 is 1.25 bits per heavy atom. The van der Waals surface area contributed by atoms with Crippen LogP contribution in [0.3, 0.4) is 0 Å². The van der Waals surface area contributed by atoms with Crippen LogP contribution in [0.1, 0.15) is 10.4 Å². The molecule has 0 fully saturated rings. The Bertz CT molecular complexity index is 1120. The standard InChI is InChI=1S/C19H18N6O2S/c1-27-11-7-8-13-12(9-11)14(17(21)26)15(10-5-3-2-4-6-10)25(13)18-16(20)22-19(28)24-23-18/h2-9,16H,20H2,1H3,(H2,21,26)(H2,22,24,28). The average Bonchev–Trinajstić information content (AvgIpc) is 3.03. The van der Waals surface area contributed by atoms with Gasteiger partial charge in [-0.1, -0.05) is 30.3 Å². The third-order valence-electron chi connectivity index (χ3n) is 4.53. The Morgan fingerprint density at radius 2 is 2.00 bits per heavy atom. The number of nitrogens with one attached hydrogen (secondary N) is 2. The van der Waals surface area contributed by atoms with Crippen molar-refractivity contribution >= 4 is 40.0 Å². The van der Waals surface area contributed by atoms with Gasteiger partial charge in [-0.25, -0.2) is 0 Å². The number of nitrogens with two attached hydrogens (primary N) is 2. The summed E-state index contributed by atoms with van der Waals surface area (Å²) in [4.78, 5) is 12.5. The van der Waals surface area contributed by atoms with Crippen molar-refractivity contribution in [2.45, 2.75) is 6.17 Å². The summed E-state index contributed by atoms with van der Waals surface area (Å²) >= 11 is 5.08. The lowest BCUT2D eigenvalue weighted by Gasteiger charge is -2.25. The van der Waals surface area contributed by atoms with Crippen molar-refractivity contribution in [1.82, 2.24) is 15.3 Å². The minimum Gasteiger partial charge on any atom is -0.497 e. The van der Waals surface area contributed by atoms with Crippen molar-refractivity contribution in [3.05, 3.63) is 54.1 Å². The lowest BCUT2D eigenvalue weighted by Crippen LogP contribution is -2.56. The molecule has 4 rings (SSSR count). The number of hydrogen-bond acceptors (Lipinski definition) is 5. The van der Waals surface area contributed by atoms with Gasteiger partial charge in [0.15, 0.2) is 10.9 Å². The van der Waals surface area contributed by atoms with Gasteiger partial charge in [-0.05, 0) is 36.0 Å². The molecule has 8 nitrogen and oxygen atoms in total. The minimum absolute atomic E-state index is 0.325. The molecular weight excluding hydrogens is 376 g/mol. The van der Waals surface area contributed by atoms with Gasteiger partial charge in [0.05, 0.1) is 23.9 Å². The van der Waals surface area contributed by atoms with Crippen LogP contribution >= 0.6 is 12.2 Å². The summed E-state index contributed by atoms with van der Waals surface area (Å²) in [5, 5.41) is 8.24.